The molecule has 1 rings (SSSR count). The van der Waals surface area contributed by atoms with Crippen LogP contribution in [-0.4, -0.2) is 37.2 Å². The first-order valence-electron chi connectivity index (χ1n) is 5.04. The molecule has 1 atom stereocenters. The van der Waals surface area contributed by atoms with Crippen LogP contribution in [0.15, 0.2) is 10.2 Å². The molecule has 0 bridgehead atoms. The second-order valence-corrected chi connectivity index (χ2v) is 3.45. The molecule has 1 heterocycles. The lowest BCUT2D eigenvalue weighted by atomic mass is 10.0. The number of nitrogens with one attached hydrogen (secondary N) is 1. The molecule has 1 unspecified atom stereocenters. The Bertz CT molecular complexity index is 223. The highest BCUT2D eigenvalue weighted by Crippen LogP contribution is 2.11. The quantitative estimate of drug-likeness (QED) is 0.499. The van der Waals surface area contributed by atoms with Crippen LogP contribution in [0, 0.1) is 5.92 Å². The van der Waals surface area contributed by atoms with Gasteiger partial charge in [0, 0.05) is 31.6 Å². The van der Waals surface area contributed by atoms with Crippen LogP contribution in [0.4, 0.5) is 0 Å². The Morgan fingerprint density at radius 3 is 3.14 bits per heavy atom. The minimum atomic E-state index is 0.489. The monoisotopic (exact) mass is 197 g/mol. The van der Waals surface area contributed by atoms with Gasteiger partial charge < -0.3 is 5.32 Å². The van der Waals surface area contributed by atoms with Gasteiger partial charge in [-0.15, -0.1) is 5.10 Å². The normalized spacial score (nSPS) is 20.8. The molecule has 1 aliphatic rings. The first-order chi connectivity index (χ1) is 6.77. The lowest BCUT2D eigenvalue weighted by Gasteiger charge is -2.23. The summed E-state index contributed by atoms with van der Waals surface area (Å²) in [5.41, 5.74) is 0. The predicted octanol–water partition coefficient (Wildman–Crippen LogP) is 0.196. The fourth-order valence-electron chi connectivity index (χ4n) is 1.31. The number of hydrazine groups is 1. The molecule has 14 heavy (non-hydrogen) atoms. The van der Waals surface area contributed by atoms with E-state index < -0.39 is 0 Å². The van der Waals surface area contributed by atoms with Gasteiger partial charge in [-0.25, -0.2) is 5.84 Å². The zero-order valence-electron chi connectivity index (χ0n) is 8.90. The summed E-state index contributed by atoms with van der Waals surface area (Å²) in [5.74, 6) is 7.21. The third-order valence-electron chi connectivity index (χ3n) is 2.35. The van der Waals surface area contributed by atoms with E-state index >= 15 is 0 Å². The largest absolute Gasteiger partial charge is 0.318 e. The molecule has 5 nitrogen and oxygen atoms in total. The zero-order chi connectivity index (χ0) is 10.4. The van der Waals surface area contributed by atoms with Crippen LogP contribution in [0.1, 0.15) is 19.8 Å². The average Bonchev–Trinajstić information content (AvgIpc) is 2.26. The third kappa shape index (κ3) is 3.08. The minimum absolute atomic E-state index is 0.489. The minimum Gasteiger partial charge on any atom is -0.318 e. The van der Waals surface area contributed by atoms with Gasteiger partial charge in [0.05, 0.1) is 0 Å². The summed E-state index contributed by atoms with van der Waals surface area (Å²) < 4.78 is 0. The lowest BCUT2D eigenvalue weighted by molar-refractivity contribution is 0.417. The zero-order valence-corrected chi connectivity index (χ0v) is 8.90. The number of hydrogen-bond acceptors (Lipinski definition) is 5. The molecule has 1 aliphatic heterocycles. The molecular weight excluding hydrogens is 178 g/mol. The van der Waals surface area contributed by atoms with E-state index in [4.69, 9.17) is 5.84 Å². The first kappa shape index (κ1) is 11.1. The van der Waals surface area contributed by atoms with E-state index in [0.717, 1.165) is 31.8 Å². The Morgan fingerprint density at radius 2 is 2.50 bits per heavy atom. The van der Waals surface area contributed by atoms with E-state index in [-0.39, 0.29) is 0 Å². The van der Waals surface area contributed by atoms with Crippen LogP contribution >= 0.6 is 0 Å². The van der Waals surface area contributed by atoms with Crippen molar-refractivity contribution in [1.82, 2.24) is 10.3 Å². The topological polar surface area (TPSA) is 66.0 Å². The fraction of sp³-hybridized carbons (Fsp3) is 0.778. The molecule has 0 saturated carbocycles. The molecule has 0 aromatic carbocycles. The van der Waals surface area contributed by atoms with E-state index in [9.17, 15) is 0 Å². The van der Waals surface area contributed by atoms with Crippen LogP contribution in [0.25, 0.3) is 0 Å². The summed E-state index contributed by atoms with van der Waals surface area (Å²) in [4.78, 5) is 0. The number of hydrogen-bond donors (Lipinski definition) is 2. The highest BCUT2D eigenvalue weighted by Gasteiger charge is 2.15. The van der Waals surface area contributed by atoms with Crippen LogP contribution in [0.5, 0.6) is 0 Å². The van der Waals surface area contributed by atoms with Crippen LogP contribution in [0.3, 0.4) is 0 Å². The van der Waals surface area contributed by atoms with E-state index in [1.807, 2.05) is 13.3 Å². The summed E-state index contributed by atoms with van der Waals surface area (Å²) in [7, 11) is 1.91. The number of nitrogens with two attached hydrogens (primary N) is 1. The standard InChI is InChI=1S/C9H19N5/c1-3-8-6-9(13-12-7-8)14(10)5-4-11-2/h7-8,11H,3-6,10H2,1-2H3. The van der Waals surface area contributed by atoms with Crippen molar-refractivity contribution in [2.24, 2.45) is 22.0 Å². The predicted molar refractivity (Wildman–Crippen MR) is 59.1 cm³/mol. The molecule has 0 aliphatic carbocycles. The highest BCUT2D eigenvalue weighted by atomic mass is 15.5. The molecule has 0 amide bonds. The Kier molecular flexibility index (Phi) is 4.55. The van der Waals surface area contributed by atoms with Gasteiger partial charge in [-0.2, -0.15) is 5.10 Å². The highest BCUT2D eigenvalue weighted by molar-refractivity contribution is 5.86. The van der Waals surface area contributed by atoms with Crippen molar-refractivity contribution in [3.63, 3.8) is 0 Å². The Balaban J connectivity index is 2.43. The van der Waals surface area contributed by atoms with Gasteiger partial charge in [-0.3, -0.25) is 5.01 Å². The maximum Gasteiger partial charge on any atom is 0.142 e. The number of rotatable bonds is 4. The molecule has 0 radical (unpaired) electrons. The summed E-state index contributed by atoms with van der Waals surface area (Å²) >= 11 is 0. The summed E-state index contributed by atoms with van der Waals surface area (Å²) in [6.45, 7) is 3.77. The van der Waals surface area contributed by atoms with Gasteiger partial charge in [-0.1, -0.05) is 6.92 Å². The molecule has 3 N–H and O–H groups in total. The molecule has 5 heteroatoms. The lowest BCUT2D eigenvalue weighted by Crippen LogP contribution is -2.42. The van der Waals surface area contributed by atoms with Crippen LogP contribution in [-0.2, 0) is 0 Å². The van der Waals surface area contributed by atoms with Gasteiger partial charge in [0.25, 0.3) is 0 Å². The van der Waals surface area contributed by atoms with Crippen molar-refractivity contribution in [1.29, 1.82) is 0 Å². The second kappa shape index (κ2) is 5.72. The van der Waals surface area contributed by atoms with Crippen LogP contribution < -0.4 is 11.2 Å². The van der Waals surface area contributed by atoms with Crippen molar-refractivity contribution in [2.45, 2.75) is 19.8 Å². The molecule has 0 spiro atoms. The van der Waals surface area contributed by atoms with Crippen molar-refractivity contribution < 1.29 is 0 Å². The smallest absolute Gasteiger partial charge is 0.142 e. The van der Waals surface area contributed by atoms with Crippen molar-refractivity contribution in [2.75, 3.05) is 20.1 Å². The SMILES string of the molecule is CCC1C=NN=C(N(N)CCNC)C1. The van der Waals surface area contributed by atoms with Gasteiger partial charge in [0.1, 0.15) is 5.84 Å². The Labute approximate surface area is 85.0 Å². The molecule has 0 aromatic heterocycles. The number of amidine groups is 1. The molecule has 0 saturated heterocycles. The molecule has 80 valence electrons. The Morgan fingerprint density at radius 1 is 1.71 bits per heavy atom. The first-order valence-corrected chi connectivity index (χ1v) is 5.04. The average molecular weight is 197 g/mol. The summed E-state index contributed by atoms with van der Waals surface area (Å²) in [6.07, 6.45) is 3.89. The van der Waals surface area contributed by atoms with Crippen molar-refractivity contribution in [3.8, 4) is 0 Å². The molecular formula is C9H19N5. The second-order valence-electron chi connectivity index (χ2n) is 3.45. The Hall–Kier alpha value is -0.940. The maximum absolute atomic E-state index is 5.84. The number of nitrogens with zero attached hydrogens (tertiary/aromatic N) is 3. The van der Waals surface area contributed by atoms with Gasteiger partial charge >= 0.3 is 0 Å². The van der Waals surface area contributed by atoms with E-state index in [0.29, 0.717) is 5.92 Å². The molecule has 0 fully saturated rings. The third-order valence-corrected chi connectivity index (χ3v) is 2.35. The van der Waals surface area contributed by atoms with Gasteiger partial charge in [0.15, 0.2) is 0 Å². The van der Waals surface area contributed by atoms with Gasteiger partial charge in [-0.05, 0) is 13.5 Å². The van der Waals surface area contributed by atoms with Crippen molar-refractivity contribution >= 4 is 12.1 Å². The van der Waals surface area contributed by atoms with E-state index in [1.165, 1.54) is 0 Å². The summed E-state index contributed by atoms with van der Waals surface area (Å²) in [6, 6.07) is 0. The van der Waals surface area contributed by atoms with E-state index in [2.05, 4.69) is 22.4 Å². The summed E-state index contributed by atoms with van der Waals surface area (Å²) in [5, 5.41) is 12.7. The fourth-order valence-corrected chi connectivity index (χ4v) is 1.31. The maximum atomic E-state index is 5.84. The van der Waals surface area contributed by atoms with Crippen molar-refractivity contribution in [3.05, 3.63) is 0 Å². The van der Waals surface area contributed by atoms with Gasteiger partial charge in [0.2, 0.25) is 0 Å². The van der Waals surface area contributed by atoms with Crippen LogP contribution in [0.2, 0.25) is 0 Å². The van der Waals surface area contributed by atoms with E-state index in [1.54, 1.807) is 5.01 Å². The molecule has 0 aromatic rings. The number of likely N-dealkylation sites (N-methyl/N-ethyl adjacent to an activating group) is 1.